The summed E-state index contributed by atoms with van der Waals surface area (Å²) in [7, 11) is 1.25. The van der Waals surface area contributed by atoms with Gasteiger partial charge in [0.1, 0.15) is 11.5 Å². The first-order chi connectivity index (χ1) is 15.6. The van der Waals surface area contributed by atoms with Crippen molar-refractivity contribution in [1.82, 2.24) is 10.1 Å². The molecule has 3 heterocycles. The number of amides is 1. The van der Waals surface area contributed by atoms with Gasteiger partial charge in [-0.2, -0.15) is 0 Å². The van der Waals surface area contributed by atoms with E-state index in [-0.39, 0.29) is 22.6 Å². The van der Waals surface area contributed by atoms with Crippen molar-refractivity contribution in [2.24, 2.45) is 0 Å². The normalized spacial score (nSPS) is 17.6. The highest BCUT2D eigenvalue weighted by atomic mass is 35.5. The highest BCUT2D eigenvalue weighted by molar-refractivity contribution is 6.51. The molecular weight excluding hydrogens is 450 g/mol. The molecule has 33 heavy (non-hydrogen) atoms. The number of carbonyl (C=O) groups is 3. The molecule has 1 aromatic carbocycles. The number of hydrogen-bond acceptors (Lipinski definition) is 7. The molecule has 0 bridgehead atoms. The second kappa shape index (κ2) is 8.25. The average molecular weight is 470 g/mol. The number of aromatic nitrogens is 2. The standard InChI is InChI=1S/C23H20ClN3O6/c1-10-9-15(26-33-10)27-19(13-5-7-14(24)8-6-13)17(21(29)22(27)30)20(28)18-11(2)16(12(3)25-18)23(31)32-4/h5-9,19,25,28H,1-4H3/b20-17+. The lowest BCUT2D eigenvalue weighted by atomic mass is 9.95. The molecule has 10 heteroatoms. The van der Waals surface area contributed by atoms with E-state index < -0.39 is 29.5 Å². The first-order valence-corrected chi connectivity index (χ1v) is 10.3. The molecule has 3 aromatic rings. The second-order valence-corrected chi connectivity index (χ2v) is 8.07. The van der Waals surface area contributed by atoms with Crippen LogP contribution in [0.3, 0.4) is 0 Å². The first kappa shape index (κ1) is 22.3. The third kappa shape index (κ3) is 3.60. The Balaban J connectivity index is 1.96. The summed E-state index contributed by atoms with van der Waals surface area (Å²) in [5, 5.41) is 15.6. The molecule has 4 rings (SSSR count). The van der Waals surface area contributed by atoms with Crippen LogP contribution in [-0.2, 0) is 14.3 Å². The van der Waals surface area contributed by atoms with Crippen LogP contribution in [0.1, 0.15) is 44.7 Å². The minimum absolute atomic E-state index is 0.128. The van der Waals surface area contributed by atoms with Crippen molar-refractivity contribution < 1.29 is 28.8 Å². The lowest BCUT2D eigenvalue weighted by Gasteiger charge is -2.22. The zero-order chi connectivity index (χ0) is 24.0. The predicted molar refractivity (Wildman–Crippen MR) is 119 cm³/mol. The molecular formula is C23H20ClN3O6. The van der Waals surface area contributed by atoms with Crippen LogP contribution in [-0.4, -0.2) is 40.0 Å². The predicted octanol–water partition coefficient (Wildman–Crippen LogP) is 3.99. The molecule has 0 radical (unpaired) electrons. The van der Waals surface area contributed by atoms with Crippen LogP contribution in [0.5, 0.6) is 0 Å². The molecule has 1 amide bonds. The monoisotopic (exact) mass is 469 g/mol. The van der Waals surface area contributed by atoms with Crippen molar-refractivity contribution in [3.63, 3.8) is 0 Å². The van der Waals surface area contributed by atoms with Gasteiger partial charge in [-0.05, 0) is 44.0 Å². The molecule has 1 atom stereocenters. The van der Waals surface area contributed by atoms with E-state index in [4.69, 9.17) is 20.9 Å². The number of esters is 1. The summed E-state index contributed by atoms with van der Waals surface area (Å²) >= 11 is 6.03. The molecule has 1 aliphatic rings. The van der Waals surface area contributed by atoms with Crippen LogP contribution in [0.4, 0.5) is 5.82 Å². The molecule has 0 spiro atoms. The number of anilines is 1. The van der Waals surface area contributed by atoms with Crippen LogP contribution in [0.25, 0.3) is 5.76 Å². The number of benzene rings is 1. The lowest BCUT2D eigenvalue weighted by Crippen LogP contribution is -2.29. The largest absolute Gasteiger partial charge is 0.505 e. The van der Waals surface area contributed by atoms with E-state index in [2.05, 4.69) is 10.1 Å². The molecule has 1 aliphatic heterocycles. The number of rotatable bonds is 4. The Morgan fingerprint density at radius 1 is 1.21 bits per heavy atom. The van der Waals surface area contributed by atoms with Crippen LogP contribution in [0.15, 0.2) is 40.4 Å². The third-order valence-electron chi connectivity index (χ3n) is 5.56. The lowest BCUT2D eigenvalue weighted by molar-refractivity contribution is -0.132. The van der Waals surface area contributed by atoms with E-state index >= 15 is 0 Å². The fourth-order valence-corrected chi connectivity index (χ4v) is 4.15. The number of nitrogens with one attached hydrogen (secondary N) is 1. The molecule has 0 saturated carbocycles. The number of aryl methyl sites for hydroxylation is 2. The molecule has 170 valence electrons. The Hall–Kier alpha value is -3.85. The van der Waals surface area contributed by atoms with E-state index in [1.807, 2.05) is 0 Å². The minimum atomic E-state index is -1.00. The van der Waals surface area contributed by atoms with Crippen LogP contribution < -0.4 is 4.90 Å². The summed E-state index contributed by atoms with van der Waals surface area (Å²) in [6.45, 7) is 4.91. The Bertz CT molecular complexity index is 1320. The zero-order valence-electron chi connectivity index (χ0n) is 18.2. The molecule has 0 aliphatic carbocycles. The average Bonchev–Trinajstić information content (AvgIpc) is 3.42. The maximum Gasteiger partial charge on any atom is 0.339 e. The van der Waals surface area contributed by atoms with Crippen molar-refractivity contribution in [3.8, 4) is 0 Å². The maximum atomic E-state index is 13.2. The second-order valence-electron chi connectivity index (χ2n) is 7.63. The van der Waals surface area contributed by atoms with Gasteiger partial charge in [0.2, 0.25) is 0 Å². The molecule has 1 unspecified atom stereocenters. The molecule has 2 N–H and O–H groups in total. The van der Waals surface area contributed by atoms with Gasteiger partial charge >= 0.3 is 11.9 Å². The number of aliphatic hydroxyl groups excluding tert-OH is 1. The number of aliphatic hydroxyl groups is 1. The zero-order valence-corrected chi connectivity index (χ0v) is 19.0. The number of ketones is 1. The van der Waals surface area contributed by atoms with Gasteiger partial charge < -0.3 is 19.4 Å². The van der Waals surface area contributed by atoms with Gasteiger partial charge in [-0.25, -0.2) is 4.79 Å². The third-order valence-corrected chi connectivity index (χ3v) is 5.81. The Labute approximate surface area is 193 Å². The molecule has 1 fully saturated rings. The summed E-state index contributed by atoms with van der Waals surface area (Å²) in [6, 6.07) is 7.05. The van der Waals surface area contributed by atoms with E-state index in [0.717, 1.165) is 0 Å². The van der Waals surface area contributed by atoms with Gasteiger partial charge in [-0.15, -0.1) is 0 Å². The summed E-state index contributed by atoms with van der Waals surface area (Å²) in [6.07, 6.45) is 0. The number of halogens is 1. The highest BCUT2D eigenvalue weighted by Crippen LogP contribution is 2.42. The smallest absolute Gasteiger partial charge is 0.339 e. The van der Waals surface area contributed by atoms with Crippen LogP contribution >= 0.6 is 11.6 Å². The van der Waals surface area contributed by atoms with E-state index in [0.29, 0.717) is 27.6 Å². The van der Waals surface area contributed by atoms with Crippen molar-refractivity contribution in [2.45, 2.75) is 26.8 Å². The first-order valence-electron chi connectivity index (χ1n) is 9.93. The number of carbonyl (C=O) groups excluding carboxylic acids is 3. The van der Waals surface area contributed by atoms with Gasteiger partial charge in [-0.1, -0.05) is 28.9 Å². The van der Waals surface area contributed by atoms with Gasteiger partial charge in [0.05, 0.1) is 30.0 Å². The summed E-state index contributed by atoms with van der Waals surface area (Å²) < 4.78 is 9.93. The van der Waals surface area contributed by atoms with Crippen LogP contribution in [0, 0.1) is 20.8 Å². The minimum Gasteiger partial charge on any atom is -0.505 e. The number of H-pyrrole nitrogens is 1. The number of Topliss-reactive ketones (excluding diaryl/α,β-unsaturated/α-hetero) is 1. The van der Waals surface area contributed by atoms with E-state index in [1.54, 1.807) is 45.0 Å². The van der Waals surface area contributed by atoms with Crippen molar-refractivity contribution >= 4 is 40.8 Å². The Kier molecular flexibility index (Phi) is 5.59. The highest BCUT2D eigenvalue weighted by Gasteiger charge is 2.48. The summed E-state index contributed by atoms with van der Waals surface area (Å²) in [5.41, 5.74) is 1.57. The summed E-state index contributed by atoms with van der Waals surface area (Å²) in [4.78, 5) is 42.5. The van der Waals surface area contributed by atoms with Crippen molar-refractivity contribution in [1.29, 1.82) is 0 Å². The number of nitrogens with zero attached hydrogens (tertiary/aromatic N) is 2. The Morgan fingerprint density at radius 2 is 1.88 bits per heavy atom. The number of hydrogen-bond donors (Lipinski definition) is 2. The van der Waals surface area contributed by atoms with Gasteiger partial charge in [-0.3, -0.25) is 14.5 Å². The van der Waals surface area contributed by atoms with Gasteiger partial charge in [0, 0.05) is 16.8 Å². The van der Waals surface area contributed by atoms with Crippen LogP contribution in [0.2, 0.25) is 5.02 Å². The molecule has 9 nitrogen and oxygen atoms in total. The quantitative estimate of drug-likeness (QED) is 0.256. The van der Waals surface area contributed by atoms with Crippen molar-refractivity contribution in [3.05, 3.63) is 74.8 Å². The van der Waals surface area contributed by atoms with E-state index in [9.17, 15) is 19.5 Å². The fourth-order valence-electron chi connectivity index (χ4n) is 4.03. The SMILES string of the molecule is COC(=O)c1c(C)[nH]c(/C(O)=C2\C(=O)C(=O)N(c3cc(C)on3)C2c2ccc(Cl)cc2)c1C. The number of aromatic amines is 1. The number of ether oxygens (including phenoxy) is 1. The van der Waals surface area contributed by atoms with Gasteiger partial charge in [0.15, 0.2) is 5.82 Å². The van der Waals surface area contributed by atoms with E-state index in [1.165, 1.54) is 18.1 Å². The summed E-state index contributed by atoms with van der Waals surface area (Å²) in [5.74, 6) is -2.25. The maximum absolute atomic E-state index is 13.2. The topological polar surface area (TPSA) is 126 Å². The number of methoxy groups -OCH3 is 1. The van der Waals surface area contributed by atoms with Gasteiger partial charge in [0.25, 0.3) is 5.78 Å². The Morgan fingerprint density at radius 3 is 2.45 bits per heavy atom. The molecule has 1 saturated heterocycles. The van der Waals surface area contributed by atoms with Crippen molar-refractivity contribution in [2.75, 3.05) is 12.0 Å². The fraction of sp³-hybridized carbons (Fsp3) is 0.217. The molecule has 2 aromatic heterocycles.